The molecule has 1 saturated heterocycles. The largest absolute Gasteiger partial charge is 0.383 e. The van der Waals surface area contributed by atoms with Crippen LogP contribution in [0.4, 0.5) is 0 Å². The van der Waals surface area contributed by atoms with E-state index in [1.54, 1.807) is 18.0 Å². The summed E-state index contributed by atoms with van der Waals surface area (Å²) in [5.74, 6) is 0.139. The molecule has 1 aromatic rings. The number of hydrogen-bond donors (Lipinski definition) is 1. The van der Waals surface area contributed by atoms with Gasteiger partial charge in [0.05, 0.1) is 18.3 Å². The van der Waals surface area contributed by atoms with Crippen molar-refractivity contribution in [3.05, 3.63) is 18.0 Å². The molecule has 0 aliphatic carbocycles. The highest BCUT2D eigenvalue weighted by molar-refractivity contribution is 5.77. The maximum absolute atomic E-state index is 12.0. The first kappa shape index (κ1) is 13.0. The summed E-state index contributed by atoms with van der Waals surface area (Å²) in [4.78, 5) is 13.9. The van der Waals surface area contributed by atoms with Crippen molar-refractivity contribution in [1.29, 1.82) is 0 Å². The quantitative estimate of drug-likeness (QED) is 0.822. The van der Waals surface area contributed by atoms with Gasteiger partial charge in [-0.2, -0.15) is 5.10 Å². The summed E-state index contributed by atoms with van der Waals surface area (Å²) in [7, 11) is 3.50. The molecule has 1 aliphatic rings. The third-order valence-corrected chi connectivity index (χ3v) is 3.45. The molecule has 1 fully saturated rings. The molecular weight excluding hydrogens is 232 g/mol. The number of carbonyl (C=O) groups excluding carboxylic acids is 1. The van der Waals surface area contributed by atoms with E-state index in [9.17, 15) is 4.79 Å². The topological polar surface area (TPSA) is 73.4 Å². The Labute approximate surface area is 107 Å². The fourth-order valence-electron chi connectivity index (χ4n) is 2.48. The Balaban J connectivity index is 2.26. The third kappa shape index (κ3) is 2.39. The minimum Gasteiger partial charge on any atom is -0.383 e. The van der Waals surface area contributed by atoms with Gasteiger partial charge in [0, 0.05) is 39.4 Å². The van der Waals surface area contributed by atoms with Crippen LogP contribution in [0.1, 0.15) is 24.6 Å². The second kappa shape index (κ2) is 5.49. The number of hydrogen-bond acceptors (Lipinski definition) is 4. The molecule has 1 aromatic heterocycles. The third-order valence-electron chi connectivity index (χ3n) is 3.45. The van der Waals surface area contributed by atoms with E-state index in [1.165, 1.54) is 0 Å². The van der Waals surface area contributed by atoms with Gasteiger partial charge >= 0.3 is 0 Å². The van der Waals surface area contributed by atoms with Crippen LogP contribution in [0.3, 0.4) is 0 Å². The second-order valence-electron chi connectivity index (χ2n) is 4.61. The molecule has 6 heteroatoms. The van der Waals surface area contributed by atoms with E-state index in [0.717, 1.165) is 12.1 Å². The highest BCUT2D eigenvalue weighted by Crippen LogP contribution is 2.30. The molecule has 2 N–H and O–H groups in total. The number of nitrogens with zero attached hydrogens (tertiary/aromatic N) is 3. The Morgan fingerprint density at radius 2 is 2.39 bits per heavy atom. The van der Waals surface area contributed by atoms with Gasteiger partial charge in [0.15, 0.2) is 0 Å². The first-order valence-electron chi connectivity index (χ1n) is 6.17. The zero-order valence-corrected chi connectivity index (χ0v) is 10.9. The number of aryl methyl sites for hydroxylation is 1. The van der Waals surface area contributed by atoms with Crippen molar-refractivity contribution in [3.8, 4) is 0 Å². The minimum absolute atomic E-state index is 0.0463. The Morgan fingerprint density at radius 1 is 1.61 bits per heavy atom. The molecule has 2 atom stereocenters. The van der Waals surface area contributed by atoms with Gasteiger partial charge in [0.1, 0.15) is 0 Å². The van der Waals surface area contributed by atoms with Crippen LogP contribution in [0.5, 0.6) is 0 Å². The number of methoxy groups -OCH3 is 1. The lowest BCUT2D eigenvalue weighted by Gasteiger charge is -2.39. The van der Waals surface area contributed by atoms with Gasteiger partial charge < -0.3 is 15.4 Å². The zero-order chi connectivity index (χ0) is 13.1. The Bertz CT molecular complexity index is 418. The average molecular weight is 252 g/mol. The lowest BCUT2D eigenvalue weighted by atomic mass is 9.94. The van der Waals surface area contributed by atoms with Gasteiger partial charge in [-0.15, -0.1) is 0 Å². The van der Waals surface area contributed by atoms with Crippen LogP contribution in [-0.2, 0) is 16.6 Å². The lowest BCUT2D eigenvalue weighted by molar-refractivity contribution is -0.138. The van der Waals surface area contributed by atoms with Crippen LogP contribution in [0.2, 0.25) is 0 Å². The molecular formula is C12H20N4O2. The molecule has 1 amide bonds. The van der Waals surface area contributed by atoms with Gasteiger partial charge in [-0.1, -0.05) is 0 Å². The van der Waals surface area contributed by atoms with Crippen LogP contribution in [0.15, 0.2) is 12.3 Å². The predicted octanol–water partition coefficient (Wildman–Crippen LogP) is 0.0573. The van der Waals surface area contributed by atoms with Crippen LogP contribution in [0, 0.1) is 0 Å². The van der Waals surface area contributed by atoms with E-state index in [1.807, 2.05) is 18.0 Å². The number of ether oxygens (including phenoxy) is 1. The summed E-state index contributed by atoms with van der Waals surface area (Å²) >= 11 is 0. The fourth-order valence-corrected chi connectivity index (χ4v) is 2.48. The van der Waals surface area contributed by atoms with Crippen molar-refractivity contribution in [2.45, 2.75) is 24.9 Å². The molecule has 0 aromatic carbocycles. The minimum atomic E-state index is -0.103. The van der Waals surface area contributed by atoms with E-state index in [2.05, 4.69) is 5.10 Å². The first-order valence-corrected chi connectivity index (χ1v) is 6.17. The molecule has 6 nitrogen and oxygen atoms in total. The molecule has 1 aliphatic heterocycles. The molecule has 2 heterocycles. The summed E-state index contributed by atoms with van der Waals surface area (Å²) < 4.78 is 6.85. The molecule has 2 rings (SSSR count). The maximum atomic E-state index is 12.0. The highest BCUT2D eigenvalue weighted by Gasteiger charge is 2.36. The smallest absolute Gasteiger partial charge is 0.223 e. The molecule has 0 spiro atoms. The first-order chi connectivity index (χ1) is 8.65. The summed E-state index contributed by atoms with van der Waals surface area (Å²) in [5.41, 5.74) is 7.17. The molecule has 0 radical (unpaired) electrons. The second-order valence-corrected chi connectivity index (χ2v) is 4.61. The van der Waals surface area contributed by atoms with Crippen molar-refractivity contribution in [1.82, 2.24) is 14.7 Å². The van der Waals surface area contributed by atoms with E-state index >= 15 is 0 Å². The average Bonchev–Trinajstić information content (AvgIpc) is 2.76. The Morgan fingerprint density at radius 3 is 3.00 bits per heavy atom. The summed E-state index contributed by atoms with van der Waals surface area (Å²) in [6, 6.07) is 1.77. The summed E-state index contributed by atoms with van der Waals surface area (Å²) in [6.07, 6.45) is 2.97. The molecule has 2 unspecified atom stereocenters. The number of piperidine rings is 1. The fraction of sp³-hybridized carbons (Fsp3) is 0.667. The summed E-state index contributed by atoms with van der Waals surface area (Å²) in [5, 5.41) is 4.16. The monoisotopic (exact) mass is 252 g/mol. The van der Waals surface area contributed by atoms with Crippen molar-refractivity contribution >= 4 is 5.91 Å². The van der Waals surface area contributed by atoms with Crippen LogP contribution in [0.25, 0.3) is 0 Å². The van der Waals surface area contributed by atoms with Crippen LogP contribution >= 0.6 is 0 Å². The normalized spacial score (nSPS) is 24.6. The number of amides is 1. The van der Waals surface area contributed by atoms with E-state index in [-0.39, 0.29) is 18.0 Å². The van der Waals surface area contributed by atoms with Crippen molar-refractivity contribution in [2.24, 2.45) is 12.8 Å². The van der Waals surface area contributed by atoms with Gasteiger partial charge in [-0.25, -0.2) is 0 Å². The van der Waals surface area contributed by atoms with E-state index in [4.69, 9.17) is 10.5 Å². The lowest BCUT2D eigenvalue weighted by Crippen LogP contribution is -2.50. The Hall–Kier alpha value is -1.40. The number of carbonyl (C=O) groups is 1. The molecule has 18 heavy (non-hydrogen) atoms. The van der Waals surface area contributed by atoms with Crippen molar-refractivity contribution in [3.63, 3.8) is 0 Å². The molecule has 0 saturated carbocycles. The van der Waals surface area contributed by atoms with E-state index < -0.39 is 0 Å². The van der Waals surface area contributed by atoms with Crippen molar-refractivity contribution < 1.29 is 9.53 Å². The molecule has 100 valence electrons. The van der Waals surface area contributed by atoms with Crippen LogP contribution in [-0.4, -0.2) is 46.9 Å². The molecule has 0 bridgehead atoms. The number of rotatable bonds is 4. The van der Waals surface area contributed by atoms with Gasteiger partial charge in [-0.3, -0.25) is 9.48 Å². The van der Waals surface area contributed by atoms with Gasteiger partial charge in [-0.05, 0) is 12.5 Å². The Kier molecular flexibility index (Phi) is 3.98. The van der Waals surface area contributed by atoms with Gasteiger partial charge in [0.25, 0.3) is 0 Å². The number of likely N-dealkylation sites (tertiary alicyclic amines) is 1. The van der Waals surface area contributed by atoms with Crippen molar-refractivity contribution in [2.75, 3.05) is 20.3 Å². The van der Waals surface area contributed by atoms with E-state index in [0.29, 0.717) is 19.6 Å². The van der Waals surface area contributed by atoms with Gasteiger partial charge in [0.2, 0.25) is 5.91 Å². The number of nitrogens with two attached hydrogens (primary N) is 1. The maximum Gasteiger partial charge on any atom is 0.223 e. The van der Waals surface area contributed by atoms with Crippen LogP contribution < -0.4 is 5.73 Å². The zero-order valence-electron chi connectivity index (χ0n) is 10.9. The number of aromatic nitrogens is 2. The predicted molar refractivity (Wildman–Crippen MR) is 66.7 cm³/mol. The standard InChI is InChI=1S/C12H20N4O2/c1-15-10(5-6-14-15)12-9(13)3-4-11(17)16(12)7-8-18-2/h5-6,9,12H,3-4,7-8,13H2,1-2H3. The summed E-state index contributed by atoms with van der Waals surface area (Å²) in [6.45, 7) is 1.09. The highest BCUT2D eigenvalue weighted by atomic mass is 16.5. The SMILES string of the molecule is COCCN1C(=O)CCC(N)C1c1ccnn1C.